The quantitative estimate of drug-likeness (QED) is 0.718. The summed E-state index contributed by atoms with van der Waals surface area (Å²) in [6.07, 6.45) is 7.89. The van der Waals surface area contributed by atoms with E-state index < -0.39 is 0 Å². The summed E-state index contributed by atoms with van der Waals surface area (Å²) < 4.78 is 4.07. The predicted molar refractivity (Wildman–Crippen MR) is 75.2 cm³/mol. The molecule has 0 aliphatic rings. The lowest BCUT2D eigenvalue weighted by molar-refractivity contribution is 0.769. The first-order chi connectivity index (χ1) is 9.28. The van der Waals surface area contributed by atoms with Gasteiger partial charge < -0.3 is 4.57 Å². The van der Waals surface area contributed by atoms with E-state index in [0.29, 0.717) is 0 Å². The summed E-state index contributed by atoms with van der Waals surface area (Å²) in [6.45, 7) is 5.08. The Kier molecular flexibility index (Phi) is 2.91. The molecule has 4 heteroatoms. The van der Waals surface area contributed by atoms with Crippen molar-refractivity contribution in [2.75, 3.05) is 0 Å². The van der Waals surface area contributed by atoms with Crippen molar-refractivity contribution in [3.63, 3.8) is 0 Å². The molecule has 0 aliphatic carbocycles. The van der Waals surface area contributed by atoms with Gasteiger partial charge in [0.2, 0.25) is 0 Å². The second-order valence-electron chi connectivity index (χ2n) is 4.52. The second kappa shape index (κ2) is 4.72. The molecule has 3 heterocycles. The number of aromatic nitrogens is 4. The van der Waals surface area contributed by atoms with Crippen LogP contribution in [0.5, 0.6) is 0 Å². The minimum atomic E-state index is 0.972. The molecule has 3 aromatic rings. The Morgan fingerprint density at radius 2 is 2.05 bits per heavy atom. The van der Waals surface area contributed by atoms with Gasteiger partial charge in [0.1, 0.15) is 0 Å². The van der Waals surface area contributed by atoms with Crippen molar-refractivity contribution >= 4 is 0 Å². The summed E-state index contributed by atoms with van der Waals surface area (Å²) in [5.41, 5.74) is 4.24. The minimum absolute atomic E-state index is 0.972. The predicted octanol–water partition coefficient (Wildman–Crippen LogP) is 3.06. The standard InChI is InChI=1S/C15H16N4/c1-3-18-9-7-13(11-18)15-6-8-17-19(15)14-5-4-12(2)16-10-14/h4-11H,3H2,1-2H3. The van der Waals surface area contributed by atoms with E-state index in [1.807, 2.05) is 42.2 Å². The Labute approximate surface area is 112 Å². The zero-order valence-corrected chi connectivity index (χ0v) is 11.1. The Morgan fingerprint density at radius 3 is 2.74 bits per heavy atom. The van der Waals surface area contributed by atoms with Crippen LogP contribution < -0.4 is 0 Å². The zero-order chi connectivity index (χ0) is 13.2. The largest absolute Gasteiger partial charge is 0.354 e. The number of nitrogens with zero attached hydrogens (tertiary/aromatic N) is 4. The lowest BCUT2D eigenvalue weighted by Gasteiger charge is -2.06. The van der Waals surface area contributed by atoms with Crippen molar-refractivity contribution in [1.29, 1.82) is 0 Å². The van der Waals surface area contributed by atoms with E-state index in [2.05, 4.69) is 40.0 Å². The highest BCUT2D eigenvalue weighted by molar-refractivity contribution is 5.61. The summed E-state index contributed by atoms with van der Waals surface area (Å²) >= 11 is 0. The number of hydrogen-bond donors (Lipinski definition) is 0. The smallest absolute Gasteiger partial charge is 0.0836 e. The fourth-order valence-electron chi connectivity index (χ4n) is 2.10. The van der Waals surface area contributed by atoms with Crippen molar-refractivity contribution in [3.8, 4) is 16.9 Å². The van der Waals surface area contributed by atoms with Crippen molar-refractivity contribution in [1.82, 2.24) is 19.3 Å². The van der Waals surface area contributed by atoms with Crippen LogP contribution in [0.3, 0.4) is 0 Å². The zero-order valence-electron chi connectivity index (χ0n) is 11.1. The Morgan fingerprint density at radius 1 is 1.16 bits per heavy atom. The van der Waals surface area contributed by atoms with Gasteiger partial charge in [0, 0.05) is 30.2 Å². The molecule has 0 saturated carbocycles. The Balaban J connectivity index is 2.04. The molecule has 0 spiro atoms. The van der Waals surface area contributed by atoms with Gasteiger partial charge in [-0.25, -0.2) is 4.68 Å². The van der Waals surface area contributed by atoms with Crippen molar-refractivity contribution in [2.45, 2.75) is 20.4 Å². The van der Waals surface area contributed by atoms with Gasteiger partial charge in [0.15, 0.2) is 0 Å². The van der Waals surface area contributed by atoms with E-state index in [1.165, 1.54) is 5.56 Å². The van der Waals surface area contributed by atoms with Gasteiger partial charge in [-0.15, -0.1) is 0 Å². The molecular formula is C15H16N4. The molecule has 0 bridgehead atoms. The van der Waals surface area contributed by atoms with Crippen molar-refractivity contribution in [2.24, 2.45) is 0 Å². The number of rotatable bonds is 3. The third-order valence-electron chi connectivity index (χ3n) is 3.19. The summed E-state index contributed by atoms with van der Waals surface area (Å²) in [6, 6.07) is 8.17. The molecule has 0 aliphatic heterocycles. The third kappa shape index (κ3) is 2.17. The molecule has 0 saturated heterocycles. The number of aryl methyl sites for hydroxylation is 2. The monoisotopic (exact) mass is 252 g/mol. The van der Waals surface area contributed by atoms with Crippen LogP contribution in [0.15, 0.2) is 49.1 Å². The van der Waals surface area contributed by atoms with Crippen LogP contribution in [-0.2, 0) is 6.54 Å². The van der Waals surface area contributed by atoms with Crippen LogP contribution in [0.25, 0.3) is 16.9 Å². The fraction of sp³-hybridized carbons (Fsp3) is 0.200. The highest BCUT2D eigenvalue weighted by atomic mass is 15.3. The lowest BCUT2D eigenvalue weighted by atomic mass is 10.2. The molecule has 0 N–H and O–H groups in total. The fourth-order valence-corrected chi connectivity index (χ4v) is 2.10. The highest BCUT2D eigenvalue weighted by Crippen LogP contribution is 2.22. The summed E-state index contributed by atoms with van der Waals surface area (Å²) in [7, 11) is 0. The average molecular weight is 252 g/mol. The van der Waals surface area contributed by atoms with E-state index in [4.69, 9.17) is 0 Å². The molecule has 0 atom stereocenters. The third-order valence-corrected chi connectivity index (χ3v) is 3.19. The van der Waals surface area contributed by atoms with E-state index in [-0.39, 0.29) is 0 Å². The first kappa shape index (κ1) is 11.7. The van der Waals surface area contributed by atoms with Crippen LogP contribution in [0.2, 0.25) is 0 Å². The van der Waals surface area contributed by atoms with Crippen LogP contribution in [0.4, 0.5) is 0 Å². The average Bonchev–Trinajstić information content (AvgIpc) is 3.07. The molecule has 3 rings (SSSR count). The summed E-state index contributed by atoms with van der Waals surface area (Å²) in [5.74, 6) is 0. The minimum Gasteiger partial charge on any atom is -0.354 e. The van der Waals surface area contributed by atoms with Crippen LogP contribution in [0.1, 0.15) is 12.6 Å². The second-order valence-corrected chi connectivity index (χ2v) is 4.52. The topological polar surface area (TPSA) is 35.6 Å². The maximum atomic E-state index is 4.39. The molecular weight excluding hydrogens is 236 g/mol. The van der Waals surface area contributed by atoms with Crippen LogP contribution >= 0.6 is 0 Å². The molecule has 4 nitrogen and oxygen atoms in total. The van der Waals surface area contributed by atoms with Gasteiger partial charge in [-0.3, -0.25) is 4.98 Å². The van der Waals surface area contributed by atoms with Gasteiger partial charge in [0.05, 0.1) is 23.8 Å². The summed E-state index contributed by atoms with van der Waals surface area (Å²) in [4.78, 5) is 4.33. The molecule has 0 aromatic carbocycles. The molecule has 0 fully saturated rings. The van der Waals surface area contributed by atoms with Crippen molar-refractivity contribution < 1.29 is 0 Å². The van der Waals surface area contributed by atoms with Crippen molar-refractivity contribution in [3.05, 3.63) is 54.7 Å². The summed E-state index contributed by atoms with van der Waals surface area (Å²) in [5, 5.41) is 4.39. The van der Waals surface area contributed by atoms with Crippen LogP contribution in [0, 0.1) is 6.92 Å². The first-order valence-electron chi connectivity index (χ1n) is 6.41. The van der Waals surface area contributed by atoms with E-state index in [0.717, 1.165) is 23.6 Å². The van der Waals surface area contributed by atoms with Crippen LogP contribution in [-0.4, -0.2) is 19.3 Å². The molecule has 0 amide bonds. The van der Waals surface area contributed by atoms with Gasteiger partial charge in [-0.05, 0) is 38.1 Å². The van der Waals surface area contributed by atoms with Gasteiger partial charge in [-0.2, -0.15) is 5.10 Å². The first-order valence-corrected chi connectivity index (χ1v) is 6.41. The van der Waals surface area contributed by atoms with Gasteiger partial charge >= 0.3 is 0 Å². The number of pyridine rings is 1. The maximum Gasteiger partial charge on any atom is 0.0836 e. The van der Waals surface area contributed by atoms with E-state index in [1.54, 1.807) is 0 Å². The number of hydrogen-bond acceptors (Lipinski definition) is 2. The molecule has 96 valence electrons. The highest BCUT2D eigenvalue weighted by Gasteiger charge is 2.08. The van der Waals surface area contributed by atoms with Gasteiger partial charge in [0.25, 0.3) is 0 Å². The Hall–Kier alpha value is -2.36. The lowest BCUT2D eigenvalue weighted by Crippen LogP contribution is -1.99. The molecule has 19 heavy (non-hydrogen) atoms. The van der Waals surface area contributed by atoms with Gasteiger partial charge in [-0.1, -0.05) is 0 Å². The normalized spacial score (nSPS) is 10.8. The van der Waals surface area contributed by atoms with E-state index in [9.17, 15) is 0 Å². The van der Waals surface area contributed by atoms with E-state index >= 15 is 0 Å². The Bertz CT molecular complexity index is 676. The maximum absolute atomic E-state index is 4.39. The SMILES string of the molecule is CCn1ccc(-c2ccnn2-c2ccc(C)nc2)c1. The molecule has 0 unspecified atom stereocenters. The molecule has 0 radical (unpaired) electrons. The molecule has 3 aromatic heterocycles.